The molecule has 4 heteroatoms. The smallest absolute Gasteiger partial charge is 0.212 e. The van der Waals surface area contributed by atoms with Crippen LogP contribution in [0.3, 0.4) is 0 Å². The number of sulfonamides is 1. The maximum Gasteiger partial charge on any atom is 0.218 e. The zero-order chi connectivity index (χ0) is 14.7. The first-order chi connectivity index (χ1) is 10.2. The number of hydrogen-bond acceptors (Lipinski definition) is 2. The summed E-state index contributed by atoms with van der Waals surface area (Å²) in [4.78, 5) is 0. The van der Waals surface area contributed by atoms with Crippen molar-refractivity contribution in [1.29, 1.82) is 0 Å². The lowest BCUT2D eigenvalue weighted by atomic mass is 10.1. The molecule has 2 aromatic rings. The van der Waals surface area contributed by atoms with Crippen molar-refractivity contribution >= 4 is 10.0 Å². The van der Waals surface area contributed by atoms with Gasteiger partial charge < -0.3 is 0 Å². The standard InChI is InChI=1S/C17H19NO2S/c19-21(20,14-15-8-3-1-4-9-15)18-13-7-12-17(18)16-10-5-2-6-11-16/h1-6,8-11,17H,7,12-14H2. The van der Waals surface area contributed by atoms with E-state index in [0.29, 0.717) is 6.54 Å². The van der Waals surface area contributed by atoms with Crippen LogP contribution >= 0.6 is 0 Å². The maximum absolute atomic E-state index is 12.7. The summed E-state index contributed by atoms with van der Waals surface area (Å²) in [5.74, 6) is 0.0805. The summed E-state index contributed by atoms with van der Waals surface area (Å²) in [6, 6.07) is 19.3. The summed E-state index contributed by atoms with van der Waals surface area (Å²) in [7, 11) is -3.28. The third-order valence-electron chi connectivity index (χ3n) is 3.94. The highest BCUT2D eigenvalue weighted by Gasteiger charge is 2.34. The molecule has 0 radical (unpaired) electrons. The molecule has 0 aliphatic carbocycles. The Morgan fingerprint density at radius 3 is 2.24 bits per heavy atom. The van der Waals surface area contributed by atoms with Crippen LogP contribution in [0.5, 0.6) is 0 Å². The molecule has 1 fully saturated rings. The molecular formula is C17H19NO2S. The molecule has 1 saturated heterocycles. The van der Waals surface area contributed by atoms with Crippen molar-refractivity contribution in [3.8, 4) is 0 Å². The van der Waals surface area contributed by atoms with Crippen LogP contribution in [-0.2, 0) is 15.8 Å². The van der Waals surface area contributed by atoms with Gasteiger partial charge >= 0.3 is 0 Å². The van der Waals surface area contributed by atoms with Gasteiger partial charge in [0.1, 0.15) is 0 Å². The minimum absolute atomic E-state index is 0.0140. The monoisotopic (exact) mass is 301 g/mol. The van der Waals surface area contributed by atoms with Gasteiger partial charge in [-0.2, -0.15) is 4.31 Å². The van der Waals surface area contributed by atoms with Crippen molar-refractivity contribution in [1.82, 2.24) is 4.31 Å². The van der Waals surface area contributed by atoms with Crippen LogP contribution in [0.4, 0.5) is 0 Å². The summed E-state index contributed by atoms with van der Waals surface area (Å²) in [6.45, 7) is 0.620. The van der Waals surface area contributed by atoms with Gasteiger partial charge in [0, 0.05) is 12.6 Å². The van der Waals surface area contributed by atoms with Crippen LogP contribution in [-0.4, -0.2) is 19.3 Å². The van der Waals surface area contributed by atoms with Gasteiger partial charge in [0.15, 0.2) is 0 Å². The summed E-state index contributed by atoms with van der Waals surface area (Å²) >= 11 is 0. The molecule has 1 heterocycles. The Labute approximate surface area is 126 Å². The highest BCUT2D eigenvalue weighted by molar-refractivity contribution is 7.88. The molecule has 0 bridgehead atoms. The number of rotatable bonds is 4. The Morgan fingerprint density at radius 2 is 1.57 bits per heavy atom. The zero-order valence-corrected chi connectivity index (χ0v) is 12.7. The van der Waals surface area contributed by atoms with Gasteiger partial charge in [0.05, 0.1) is 5.75 Å². The second-order valence-corrected chi connectivity index (χ2v) is 7.34. The van der Waals surface area contributed by atoms with E-state index in [1.54, 1.807) is 4.31 Å². The van der Waals surface area contributed by atoms with Gasteiger partial charge in [-0.25, -0.2) is 8.42 Å². The van der Waals surface area contributed by atoms with Crippen LogP contribution in [0.1, 0.15) is 30.0 Å². The highest BCUT2D eigenvalue weighted by Crippen LogP contribution is 2.34. The molecule has 2 aromatic carbocycles. The van der Waals surface area contributed by atoms with E-state index >= 15 is 0 Å². The minimum atomic E-state index is -3.28. The van der Waals surface area contributed by atoms with Crippen LogP contribution in [0.15, 0.2) is 60.7 Å². The number of benzene rings is 2. The van der Waals surface area contributed by atoms with Crippen LogP contribution in [0.25, 0.3) is 0 Å². The first-order valence-electron chi connectivity index (χ1n) is 7.25. The van der Waals surface area contributed by atoms with Gasteiger partial charge in [-0.1, -0.05) is 60.7 Å². The topological polar surface area (TPSA) is 37.4 Å². The van der Waals surface area contributed by atoms with Gasteiger partial charge in [-0.3, -0.25) is 0 Å². The molecular weight excluding hydrogens is 282 g/mol. The van der Waals surface area contributed by atoms with E-state index in [1.165, 1.54) is 0 Å². The molecule has 1 unspecified atom stereocenters. The van der Waals surface area contributed by atoms with E-state index in [0.717, 1.165) is 24.0 Å². The second kappa shape index (κ2) is 6.00. The molecule has 0 aromatic heterocycles. The molecule has 1 aliphatic rings. The lowest BCUT2D eigenvalue weighted by Gasteiger charge is -2.24. The number of nitrogens with zero attached hydrogens (tertiary/aromatic N) is 1. The maximum atomic E-state index is 12.7. The Kier molecular flexibility index (Phi) is 4.08. The molecule has 0 N–H and O–H groups in total. The van der Waals surface area contributed by atoms with E-state index in [2.05, 4.69) is 0 Å². The molecule has 0 amide bonds. The Morgan fingerprint density at radius 1 is 0.952 bits per heavy atom. The van der Waals surface area contributed by atoms with E-state index in [1.807, 2.05) is 60.7 Å². The molecule has 21 heavy (non-hydrogen) atoms. The molecule has 3 rings (SSSR count). The second-order valence-electron chi connectivity index (χ2n) is 5.42. The van der Waals surface area contributed by atoms with Crippen molar-refractivity contribution in [2.75, 3.05) is 6.54 Å². The lowest BCUT2D eigenvalue weighted by Crippen LogP contribution is -2.31. The van der Waals surface area contributed by atoms with Crippen molar-refractivity contribution in [3.63, 3.8) is 0 Å². The van der Waals surface area contributed by atoms with Gasteiger partial charge in [0.2, 0.25) is 10.0 Å². The predicted molar refractivity (Wildman–Crippen MR) is 84.2 cm³/mol. The van der Waals surface area contributed by atoms with Crippen molar-refractivity contribution in [3.05, 3.63) is 71.8 Å². The average molecular weight is 301 g/mol. The van der Waals surface area contributed by atoms with Crippen molar-refractivity contribution in [2.45, 2.75) is 24.6 Å². The van der Waals surface area contributed by atoms with Crippen molar-refractivity contribution in [2.24, 2.45) is 0 Å². The average Bonchev–Trinajstić information content (AvgIpc) is 2.99. The Balaban J connectivity index is 1.84. The minimum Gasteiger partial charge on any atom is -0.212 e. The molecule has 0 spiro atoms. The van der Waals surface area contributed by atoms with Crippen molar-refractivity contribution < 1.29 is 8.42 Å². The summed E-state index contributed by atoms with van der Waals surface area (Å²) in [6.07, 6.45) is 1.83. The molecule has 1 atom stereocenters. The first kappa shape index (κ1) is 14.3. The summed E-state index contributed by atoms with van der Waals surface area (Å²) in [5.41, 5.74) is 1.93. The fourth-order valence-electron chi connectivity index (χ4n) is 2.95. The highest BCUT2D eigenvalue weighted by atomic mass is 32.2. The van der Waals surface area contributed by atoms with Crippen LogP contribution < -0.4 is 0 Å². The third kappa shape index (κ3) is 3.17. The van der Waals surface area contributed by atoms with Crippen LogP contribution in [0.2, 0.25) is 0 Å². The van der Waals surface area contributed by atoms with Gasteiger partial charge in [-0.05, 0) is 24.0 Å². The summed E-state index contributed by atoms with van der Waals surface area (Å²) in [5, 5.41) is 0. The first-order valence-corrected chi connectivity index (χ1v) is 8.86. The molecule has 3 nitrogen and oxygen atoms in total. The molecule has 0 saturated carbocycles. The quantitative estimate of drug-likeness (QED) is 0.868. The van der Waals surface area contributed by atoms with E-state index in [4.69, 9.17) is 0 Å². The van der Waals surface area contributed by atoms with E-state index in [9.17, 15) is 8.42 Å². The van der Waals surface area contributed by atoms with Crippen LogP contribution in [0, 0.1) is 0 Å². The van der Waals surface area contributed by atoms with E-state index < -0.39 is 10.0 Å². The van der Waals surface area contributed by atoms with E-state index in [-0.39, 0.29) is 11.8 Å². The fraction of sp³-hybridized carbons (Fsp3) is 0.294. The third-order valence-corrected chi connectivity index (χ3v) is 5.79. The lowest BCUT2D eigenvalue weighted by molar-refractivity contribution is 0.396. The predicted octanol–water partition coefficient (Wildman–Crippen LogP) is 3.35. The normalized spacial score (nSPS) is 19.7. The fourth-order valence-corrected chi connectivity index (χ4v) is 4.75. The zero-order valence-electron chi connectivity index (χ0n) is 11.9. The van der Waals surface area contributed by atoms with Gasteiger partial charge in [-0.15, -0.1) is 0 Å². The Bertz CT molecular complexity index is 683. The SMILES string of the molecule is O=S(=O)(Cc1ccccc1)N1CCCC1c1ccccc1. The largest absolute Gasteiger partial charge is 0.218 e. The summed E-state index contributed by atoms with van der Waals surface area (Å²) < 4.78 is 27.1. The number of hydrogen-bond donors (Lipinski definition) is 0. The molecule has 110 valence electrons. The Hall–Kier alpha value is -1.65. The van der Waals surface area contributed by atoms with Gasteiger partial charge in [0.25, 0.3) is 0 Å². The molecule has 1 aliphatic heterocycles.